The van der Waals surface area contributed by atoms with Crippen LogP contribution in [0.1, 0.15) is 0 Å². The van der Waals surface area contributed by atoms with Crippen LogP contribution in [0.15, 0.2) is 42.7 Å². The first-order valence-electron chi connectivity index (χ1n) is 7.30. The van der Waals surface area contributed by atoms with Crippen molar-refractivity contribution in [2.24, 2.45) is 0 Å². The Morgan fingerprint density at radius 1 is 1.00 bits per heavy atom. The molecule has 1 fully saturated rings. The summed E-state index contributed by atoms with van der Waals surface area (Å²) in [4.78, 5) is 20.1. The number of hydrogen-bond acceptors (Lipinski definition) is 3. The number of halogens is 2. The van der Waals surface area contributed by atoms with E-state index in [1.807, 2.05) is 30.3 Å². The van der Waals surface area contributed by atoms with Crippen LogP contribution in [0.5, 0.6) is 0 Å². The van der Waals surface area contributed by atoms with E-state index in [4.69, 9.17) is 23.2 Å². The van der Waals surface area contributed by atoms with Gasteiger partial charge >= 0.3 is 6.03 Å². The molecule has 2 heterocycles. The van der Waals surface area contributed by atoms with Gasteiger partial charge in [0.15, 0.2) is 0 Å². The van der Waals surface area contributed by atoms with Gasteiger partial charge in [0, 0.05) is 44.3 Å². The summed E-state index contributed by atoms with van der Waals surface area (Å²) < 4.78 is 0. The molecule has 1 saturated heterocycles. The van der Waals surface area contributed by atoms with E-state index in [9.17, 15) is 4.79 Å². The summed E-state index contributed by atoms with van der Waals surface area (Å²) in [6, 6.07) is 9.33. The molecular weight excluding hydrogens is 335 g/mol. The molecule has 0 atom stereocenters. The van der Waals surface area contributed by atoms with Crippen LogP contribution >= 0.6 is 23.2 Å². The molecule has 1 aliphatic rings. The molecule has 120 valence electrons. The SMILES string of the molecule is O=C(Nc1ccccc1)N1CCN(c2c(Cl)cncc2Cl)CC1. The maximum atomic E-state index is 12.3. The second-order valence-electron chi connectivity index (χ2n) is 5.22. The van der Waals surface area contributed by atoms with E-state index in [0.717, 1.165) is 11.4 Å². The van der Waals surface area contributed by atoms with Crippen molar-refractivity contribution in [3.63, 3.8) is 0 Å². The number of carbonyl (C=O) groups is 1. The molecule has 0 radical (unpaired) electrons. The number of nitrogens with one attached hydrogen (secondary N) is 1. The number of benzene rings is 1. The fourth-order valence-electron chi connectivity index (χ4n) is 2.56. The van der Waals surface area contributed by atoms with E-state index in [1.54, 1.807) is 17.3 Å². The zero-order chi connectivity index (χ0) is 16.2. The predicted octanol–water partition coefficient (Wildman–Crippen LogP) is 3.74. The molecule has 1 aromatic heterocycles. The van der Waals surface area contributed by atoms with Gasteiger partial charge in [0.25, 0.3) is 0 Å². The molecule has 0 spiro atoms. The van der Waals surface area contributed by atoms with E-state index in [2.05, 4.69) is 15.2 Å². The summed E-state index contributed by atoms with van der Waals surface area (Å²) >= 11 is 12.4. The Kier molecular flexibility index (Phi) is 4.88. The van der Waals surface area contributed by atoms with Gasteiger partial charge in [-0.3, -0.25) is 4.98 Å². The number of urea groups is 1. The molecule has 3 rings (SSSR count). The first-order valence-corrected chi connectivity index (χ1v) is 8.05. The Morgan fingerprint density at radius 3 is 2.22 bits per heavy atom. The van der Waals surface area contributed by atoms with Crippen LogP contribution in [-0.2, 0) is 0 Å². The molecule has 23 heavy (non-hydrogen) atoms. The van der Waals surface area contributed by atoms with Gasteiger partial charge in [-0.25, -0.2) is 4.79 Å². The molecule has 5 nitrogen and oxygen atoms in total. The molecule has 1 aromatic carbocycles. The first kappa shape index (κ1) is 15.9. The highest BCUT2D eigenvalue weighted by atomic mass is 35.5. The highest BCUT2D eigenvalue weighted by molar-refractivity contribution is 6.38. The van der Waals surface area contributed by atoms with Gasteiger partial charge in [-0.1, -0.05) is 41.4 Å². The van der Waals surface area contributed by atoms with Gasteiger partial charge in [-0.15, -0.1) is 0 Å². The smallest absolute Gasteiger partial charge is 0.321 e. The van der Waals surface area contributed by atoms with Gasteiger partial charge in [-0.2, -0.15) is 0 Å². The minimum Gasteiger partial charge on any atom is -0.365 e. The van der Waals surface area contributed by atoms with Crippen LogP contribution in [0.25, 0.3) is 0 Å². The fourth-order valence-corrected chi connectivity index (χ4v) is 3.17. The first-order chi connectivity index (χ1) is 11.1. The quantitative estimate of drug-likeness (QED) is 0.897. The van der Waals surface area contributed by atoms with Crippen molar-refractivity contribution in [1.29, 1.82) is 0 Å². The molecule has 0 unspecified atom stereocenters. The van der Waals surface area contributed by atoms with Crippen LogP contribution < -0.4 is 10.2 Å². The number of hydrogen-bond donors (Lipinski definition) is 1. The Bertz CT molecular complexity index is 667. The lowest BCUT2D eigenvalue weighted by atomic mass is 10.2. The van der Waals surface area contributed by atoms with Crippen LogP contribution in [-0.4, -0.2) is 42.1 Å². The van der Waals surface area contributed by atoms with Crippen molar-refractivity contribution in [1.82, 2.24) is 9.88 Å². The van der Waals surface area contributed by atoms with Crippen molar-refractivity contribution >= 4 is 40.6 Å². The third-order valence-electron chi connectivity index (χ3n) is 3.74. The molecule has 0 aliphatic carbocycles. The van der Waals surface area contributed by atoms with E-state index in [-0.39, 0.29) is 6.03 Å². The van der Waals surface area contributed by atoms with Crippen LogP contribution in [0, 0.1) is 0 Å². The number of rotatable bonds is 2. The second kappa shape index (κ2) is 7.06. The lowest BCUT2D eigenvalue weighted by Crippen LogP contribution is -2.50. The van der Waals surface area contributed by atoms with Gasteiger partial charge in [0.05, 0.1) is 15.7 Å². The Labute approximate surface area is 144 Å². The molecular formula is C16H16Cl2N4O. The monoisotopic (exact) mass is 350 g/mol. The normalized spacial score (nSPS) is 14.7. The van der Waals surface area contributed by atoms with Crippen molar-refractivity contribution < 1.29 is 4.79 Å². The predicted molar refractivity (Wildman–Crippen MR) is 93.5 cm³/mol. The number of nitrogens with zero attached hydrogens (tertiary/aromatic N) is 3. The number of piperazine rings is 1. The fraction of sp³-hybridized carbons (Fsp3) is 0.250. The summed E-state index contributed by atoms with van der Waals surface area (Å²) in [7, 11) is 0. The summed E-state index contributed by atoms with van der Waals surface area (Å²) in [5, 5.41) is 3.95. The third kappa shape index (κ3) is 3.68. The molecule has 0 saturated carbocycles. The van der Waals surface area contributed by atoms with Crippen LogP contribution in [0.3, 0.4) is 0 Å². The number of amides is 2. The zero-order valence-electron chi connectivity index (χ0n) is 12.4. The Morgan fingerprint density at radius 2 is 1.61 bits per heavy atom. The molecule has 1 N–H and O–H groups in total. The number of anilines is 2. The van der Waals surface area contributed by atoms with Crippen molar-refractivity contribution in [2.45, 2.75) is 0 Å². The van der Waals surface area contributed by atoms with Gasteiger partial charge in [0.1, 0.15) is 0 Å². The van der Waals surface area contributed by atoms with E-state index >= 15 is 0 Å². The molecule has 2 amide bonds. The maximum Gasteiger partial charge on any atom is 0.321 e. The van der Waals surface area contributed by atoms with Gasteiger partial charge in [-0.05, 0) is 12.1 Å². The second-order valence-corrected chi connectivity index (χ2v) is 6.04. The number of pyridine rings is 1. The minimum absolute atomic E-state index is 0.0947. The highest BCUT2D eigenvalue weighted by Crippen LogP contribution is 2.33. The Hall–Kier alpha value is -1.98. The third-order valence-corrected chi connectivity index (χ3v) is 4.29. The van der Waals surface area contributed by atoms with E-state index in [0.29, 0.717) is 36.2 Å². The topological polar surface area (TPSA) is 48.5 Å². The van der Waals surface area contributed by atoms with Crippen molar-refractivity contribution in [3.8, 4) is 0 Å². The van der Waals surface area contributed by atoms with E-state index < -0.39 is 0 Å². The molecule has 7 heteroatoms. The molecule has 0 bridgehead atoms. The maximum absolute atomic E-state index is 12.3. The molecule has 1 aliphatic heterocycles. The summed E-state index contributed by atoms with van der Waals surface area (Å²) in [5.74, 6) is 0. The lowest BCUT2D eigenvalue weighted by molar-refractivity contribution is 0.208. The van der Waals surface area contributed by atoms with Gasteiger partial charge in [0.2, 0.25) is 0 Å². The largest absolute Gasteiger partial charge is 0.365 e. The number of para-hydroxylation sites is 1. The summed E-state index contributed by atoms with van der Waals surface area (Å²) in [6.07, 6.45) is 3.16. The van der Waals surface area contributed by atoms with Crippen molar-refractivity contribution in [2.75, 3.05) is 36.4 Å². The van der Waals surface area contributed by atoms with Gasteiger partial charge < -0.3 is 15.1 Å². The summed E-state index contributed by atoms with van der Waals surface area (Å²) in [6.45, 7) is 2.55. The lowest BCUT2D eigenvalue weighted by Gasteiger charge is -2.36. The average molecular weight is 351 g/mol. The highest BCUT2D eigenvalue weighted by Gasteiger charge is 2.24. The Balaban J connectivity index is 1.61. The zero-order valence-corrected chi connectivity index (χ0v) is 13.9. The van der Waals surface area contributed by atoms with Crippen molar-refractivity contribution in [3.05, 3.63) is 52.8 Å². The standard InChI is InChI=1S/C16H16Cl2N4O/c17-13-10-19-11-14(18)15(13)21-6-8-22(9-7-21)16(23)20-12-4-2-1-3-5-12/h1-5,10-11H,6-9H2,(H,20,23). The van der Waals surface area contributed by atoms with Crippen LogP contribution in [0.4, 0.5) is 16.2 Å². The van der Waals surface area contributed by atoms with E-state index in [1.165, 1.54) is 0 Å². The average Bonchev–Trinajstić information content (AvgIpc) is 2.56. The number of aromatic nitrogens is 1. The number of carbonyl (C=O) groups excluding carboxylic acids is 1. The van der Waals surface area contributed by atoms with Crippen LogP contribution in [0.2, 0.25) is 10.0 Å². The summed E-state index contributed by atoms with van der Waals surface area (Å²) in [5.41, 5.74) is 1.58. The molecule has 2 aromatic rings. The minimum atomic E-state index is -0.0947.